The first kappa shape index (κ1) is 16.1. The van der Waals surface area contributed by atoms with Gasteiger partial charge in [-0.1, -0.05) is 41.6 Å². The van der Waals surface area contributed by atoms with E-state index < -0.39 is 0 Å². The first-order chi connectivity index (χ1) is 10.5. The number of amides is 1. The Kier molecular flexibility index (Phi) is 4.92. The van der Waals surface area contributed by atoms with E-state index in [0.717, 1.165) is 37.7 Å². The van der Waals surface area contributed by atoms with Crippen LogP contribution in [0, 0.1) is 0 Å². The fraction of sp³-hybridized carbons (Fsp3) is 0.467. The SMILES string of the molecule is CN1C(=O)[C@@H](CN2CCN(c3cccc(Cl)c3)CC2)SC1=S. The summed E-state index contributed by atoms with van der Waals surface area (Å²) in [5.41, 5.74) is 1.17. The van der Waals surface area contributed by atoms with E-state index in [2.05, 4.69) is 15.9 Å². The Morgan fingerprint density at radius 2 is 2.05 bits per heavy atom. The van der Waals surface area contributed by atoms with Gasteiger partial charge in [0.1, 0.15) is 9.57 Å². The largest absolute Gasteiger partial charge is 0.369 e. The van der Waals surface area contributed by atoms with Crippen LogP contribution in [0.25, 0.3) is 0 Å². The molecule has 118 valence electrons. The zero-order chi connectivity index (χ0) is 15.7. The van der Waals surface area contributed by atoms with E-state index >= 15 is 0 Å². The first-order valence-electron chi connectivity index (χ1n) is 7.25. The third-order valence-electron chi connectivity index (χ3n) is 4.09. The lowest BCUT2D eigenvalue weighted by Gasteiger charge is -2.36. The summed E-state index contributed by atoms with van der Waals surface area (Å²) in [6.07, 6.45) is 0. The maximum Gasteiger partial charge on any atom is 0.242 e. The second-order valence-corrected chi connectivity index (χ2v) is 7.81. The van der Waals surface area contributed by atoms with Crippen LogP contribution in [0.1, 0.15) is 0 Å². The number of anilines is 1. The lowest BCUT2D eigenvalue weighted by Crippen LogP contribution is -2.49. The minimum atomic E-state index is -0.0461. The van der Waals surface area contributed by atoms with Gasteiger partial charge in [0.05, 0.1) is 0 Å². The topological polar surface area (TPSA) is 26.8 Å². The molecule has 0 radical (unpaired) electrons. The third-order valence-corrected chi connectivity index (χ3v) is 6.00. The van der Waals surface area contributed by atoms with Crippen molar-refractivity contribution in [1.29, 1.82) is 0 Å². The second kappa shape index (κ2) is 6.74. The predicted octanol–water partition coefficient (Wildman–Crippen LogP) is 2.32. The van der Waals surface area contributed by atoms with Crippen LogP contribution in [0.2, 0.25) is 5.02 Å². The van der Waals surface area contributed by atoms with Gasteiger partial charge in [-0.2, -0.15) is 0 Å². The van der Waals surface area contributed by atoms with Crippen LogP contribution >= 0.6 is 35.6 Å². The third kappa shape index (κ3) is 3.40. The standard InChI is InChI=1S/C15H18ClN3OS2/c1-17-14(20)13(22-15(17)21)10-18-5-7-19(8-6-18)12-4-2-3-11(16)9-12/h2-4,9,13H,5-8,10H2,1H3/t13-/m1/s1. The van der Waals surface area contributed by atoms with Crippen molar-refractivity contribution < 1.29 is 4.79 Å². The van der Waals surface area contributed by atoms with Crippen LogP contribution in [-0.4, -0.2) is 65.0 Å². The molecule has 2 aliphatic heterocycles. The van der Waals surface area contributed by atoms with E-state index in [9.17, 15) is 4.79 Å². The molecule has 3 rings (SSSR count). The highest BCUT2D eigenvalue weighted by Gasteiger charge is 2.35. The number of piperazine rings is 1. The summed E-state index contributed by atoms with van der Waals surface area (Å²) in [4.78, 5) is 18.4. The van der Waals surface area contributed by atoms with Gasteiger partial charge < -0.3 is 4.90 Å². The lowest BCUT2D eigenvalue weighted by molar-refractivity contribution is -0.125. The zero-order valence-electron chi connectivity index (χ0n) is 12.4. The number of carbonyl (C=O) groups excluding carboxylic acids is 1. The van der Waals surface area contributed by atoms with Gasteiger partial charge in [-0.25, -0.2) is 0 Å². The molecule has 1 aromatic rings. The summed E-state index contributed by atoms with van der Waals surface area (Å²) in [5.74, 6) is 0.132. The molecular formula is C15H18ClN3OS2. The minimum absolute atomic E-state index is 0.0461. The number of carbonyl (C=O) groups is 1. The summed E-state index contributed by atoms with van der Waals surface area (Å²) in [5, 5.41) is 0.722. The monoisotopic (exact) mass is 355 g/mol. The number of hydrogen-bond acceptors (Lipinski definition) is 5. The molecule has 0 bridgehead atoms. The first-order valence-corrected chi connectivity index (χ1v) is 8.92. The summed E-state index contributed by atoms with van der Waals surface area (Å²) in [7, 11) is 1.76. The number of rotatable bonds is 3. The average Bonchev–Trinajstić information content (AvgIpc) is 2.75. The van der Waals surface area contributed by atoms with E-state index in [-0.39, 0.29) is 11.2 Å². The Hall–Kier alpha value is -0.820. The van der Waals surface area contributed by atoms with Crippen molar-refractivity contribution in [3.63, 3.8) is 0 Å². The Morgan fingerprint density at radius 1 is 1.32 bits per heavy atom. The molecule has 0 N–H and O–H groups in total. The van der Waals surface area contributed by atoms with Crippen molar-refractivity contribution in [2.75, 3.05) is 44.7 Å². The fourth-order valence-electron chi connectivity index (χ4n) is 2.77. The molecule has 7 heteroatoms. The molecule has 0 aromatic heterocycles. The molecule has 4 nitrogen and oxygen atoms in total. The van der Waals surface area contributed by atoms with Crippen LogP contribution in [0.5, 0.6) is 0 Å². The Morgan fingerprint density at radius 3 is 2.64 bits per heavy atom. The Balaban J connectivity index is 1.54. The Bertz CT molecular complexity index is 590. The zero-order valence-corrected chi connectivity index (χ0v) is 14.8. The van der Waals surface area contributed by atoms with Crippen molar-refractivity contribution in [1.82, 2.24) is 9.80 Å². The van der Waals surface area contributed by atoms with E-state index in [0.29, 0.717) is 4.32 Å². The van der Waals surface area contributed by atoms with Crippen molar-refractivity contribution in [2.45, 2.75) is 5.25 Å². The summed E-state index contributed by atoms with van der Waals surface area (Å²) < 4.78 is 0.688. The summed E-state index contributed by atoms with van der Waals surface area (Å²) in [6.45, 7) is 4.58. The normalized spacial score (nSPS) is 23.5. The van der Waals surface area contributed by atoms with Gasteiger partial charge in [0, 0.05) is 50.5 Å². The number of hydrogen-bond donors (Lipinski definition) is 0. The van der Waals surface area contributed by atoms with Crippen molar-refractivity contribution in [2.24, 2.45) is 0 Å². The van der Waals surface area contributed by atoms with E-state index in [4.69, 9.17) is 23.8 Å². The summed E-state index contributed by atoms with van der Waals surface area (Å²) >= 11 is 12.8. The van der Waals surface area contributed by atoms with Crippen LogP contribution < -0.4 is 4.90 Å². The van der Waals surface area contributed by atoms with E-state index in [1.54, 1.807) is 11.9 Å². The molecular weight excluding hydrogens is 338 g/mol. The Labute approximate surface area is 145 Å². The molecule has 1 amide bonds. The van der Waals surface area contributed by atoms with Gasteiger partial charge in [-0.15, -0.1) is 0 Å². The molecule has 0 saturated carbocycles. The van der Waals surface area contributed by atoms with E-state index in [1.807, 2.05) is 18.2 Å². The van der Waals surface area contributed by atoms with E-state index in [1.165, 1.54) is 17.4 Å². The summed E-state index contributed by atoms with van der Waals surface area (Å²) in [6, 6.07) is 7.96. The van der Waals surface area contributed by atoms with Gasteiger partial charge in [-0.05, 0) is 18.2 Å². The number of nitrogens with zero attached hydrogens (tertiary/aromatic N) is 3. The molecule has 0 unspecified atom stereocenters. The maximum atomic E-state index is 12.1. The highest BCUT2D eigenvalue weighted by Crippen LogP contribution is 2.27. The van der Waals surface area contributed by atoms with Crippen LogP contribution in [0.3, 0.4) is 0 Å². The van der Waals surface area contributed by atoms with Gasteiger partial charge in [0.15, 0.2) is 0 Å². The molecule has 2 heterocycles. The van der Waals surface area contributed by atoms with Crippen molar-refractivity contribution >= 4 is 51.5 Å². The number of thiocarbonyl (C=S) groups is 1. The van der Waals surface area contributed by atoms with Crippen LogP contribution in [0.15, 0.2) is 24.3 Å². The fourth-order valence-corrected chi connectivity index (χ4v) is 4.43. The number of benzene rings is 1. The molecule has 22 heavy (non-hydrogen) atoms. The average molecular weight is 356 g/mol. The molecule has 1 atom stereocenters. The predicted molar refractivity (Wildman–Crippen MR) is 96.9 cm³/mol. The number of halogens is 1. The second-order valence-electron chi connectivity index (χ2n) is 5.54. The van der Waals surface area contributed by atoms with Crippen LogP contribution in [0.4, 0.5) is 5.69 Å². The molecule has 0 aliphatic carbocycles. The van der Waals surface area contributed by atoms with Crippen molar-refractivity contribution in [3.05, 3.63) is 29.3 Å². The van der Waals surface area contributed by atoms with Gasteiger partial charge >= 0.3 is 0 Å². The highest BCUT2D eigenvalue weighted by molar-refractivity contribution is 8.24. The maximum absolute atomic E-state index is 12.1. The molecule has 2 aliphatic rings. The molecule has 2 fully saturated rings. The minimum Gasteiger partial charge on any atom is -0.369 e. The quantitative estimate of drug-likeness (QED) is 0.775. The van der Waals surface area contributed by atoms with Crippen molar-refractivity contribution in [3.8, 4) is 0 Å². The molecule has 0 spiro atoms. The smallest absolute Gasteiger partial charge is 0.242 e. The molecule has 2 saturated heterocycles. The van der Waals surface area contributed by atoms with Crippen LogP contribution in [-0.2, 0) is 4.79 Å². The highest BCUT2D eigenvalue weighted by atomic mass is 35.5. The van der Waals surface area contributed by atoms with Gasteiger partial charge in [-0.3, -0.25) is 14.6 Å². The number of thioether (sulfide) groups is 1. The lowest BCUT2D eigenvalue weighted by atomic mass is 10.2. The molecule has 1 aromatic carbocycles. The van der Waals surface area contributed by atoms with Gasteiger partial charge in [0.2, 0.25) is 5.91 Å². The van der Waals surface area contributed by atoms with Gasteiger partial charge in [0.25, 0.3) is 0 Å².